The van der Waals surface area contributed by atoms with E-state index in [0.717, 1.165) is 5.69 Å². The number of rotatable bonds is 7. The highest BCUT2D eigenvalue weighted by molar-refractivity contribution is 9.10. The van der Waals surface area contributed by atoms with Gasteiger partial charge in [-0.05, 0) is 94.9 Å². The molecule has 2 aromatic heterocycles. The predicted molar refractivity (Wildman–Crippen MR) is 144 cm³/mol. The van der Waals surface area contributed by atoms with E-state index in [2.05, 4.69) is 31.5 Å². The number of hydrogen-bond donors (Lipinski definition) is 2. The van der Waals surface area contributed by atoms with Gasteiger partial charge in [-0.25, -0.2) is 8.78 Å². The first-order valence-electron chi connectivity index (χ1n) is 11.5. The number of pyridine rings is 1. The lowest BCUT2D eigenvalue weighted by molar-refractivity contribution is -0.116. The van der Waals surface area contributed by atoms with E-state index in [1.165, 1.54) is 36.4 Å². The van der Waals surface area contributed by atoms with E-state index in [0.29, 0.717) is 38.9 Å². The lowest BCUT2D eigenvalue weighted by Crippen LogP contribution is -2.32. The van der Waals surface area contributed by atoms with Crippen LogP contribution in [-0.2, 0) is 4.79 Å². The van der Waals surface area contributed by atoms with Gasteiger partial charge in [0.25, 0.3) is 0 Å². The maximum Gasteiger partial charge on any atom is 0.226 e. The number of furan rings is 1. The summed E-state index contributed by atoms with van der Waals surface area (Å²) in [6, 6.07) is 18.6. The first kappa shape index (κ1) is 25.0. The third-order valence-corrected chi connectivity index (χ3v) is 7.03. The van der Waals surface area contributed by atoms with Gasteiger partial charge in [0.05, 0.1) is 11.7 Å². The van der Waals surface area contributed by atoms with Crippen LogP contribution in [0.5, 0.6) is 0 Å². The fourth-order valence-corrected chi connectivity index (χ4v) is 5.16. The average Bonchev–Trinajstić information content (AvgIpc) is 3.49. The van der Waals surface area contributed by atoms with Crippen LogP contribution < -0.4 is 10.6 Å². The normalized spacial score (nSPS) is 17.1. The molecule has 6 nitrogen and oxygen atoms in total. The number of benzene rings is 2. The number of amides is 1. The highest BCUT2D eigenvalue weighted by atomic mass is 79.9. The number of nitrogens with one attached hydrogen (secondary N) is 2. The number of hydrogen-bond acceptors (Lipinski definition) is 4. The van der Waals surface area contributed by atoms with Crippen LogP contribution in [-0.4, -0.2) is 27.4 Å². The first-order valence-corrected chi connectivity index (χ1v) is 12.7. The number of carbonyl (C=O) groups excluding carboxylic acids is 1. The summed E-state index contributed by atoms with van der Waals surface area (Å²) in [6.07, 6.45) is 1.85. The summed E-state index contributed by atoms with van der Waals surface area (Å²) >= 11 is 9.05. The van der Waals surface area contributed by atoms with Crippen molar-refractivity contribution in [3.8, 4) is 11.3 Å². The summed E-state index contributed by atoms with van der Waals surface area (Å²) in [5.74, 6) is 0.222. The molecule has 0 aliphatic carbocycles. The molecule has 2 aromatic carbocycles. The van der Waals surface area contributed by atoms with Gasteiger partial charge in [0.1, 0.15) is 29.2 Å². The van der Waals surface area contributed by atoms with Crippen molar-refractivity contribution in [1.82, 2.24) is 15.2 Å². The third-order valence-electron chi connectivity index (χ3n) is 6.02. The van der Waals surface area contributed by atoms with Crippen molar-refractivity contribution in [1.29, 1.82) is 0 Å². The molecule has 5 rings (SSSR count). The molecular weight excluding hydrogens is 562 g/mol. The lowest BCUT2D eigenvalue weighted by atomic mass is 10.0. The Bertz CT molecular complexity index is 1430. The zero-order valence-corrected chi connectivity index (χ0v) is 21.7. The van der Waals surface area contributed by atoms with Crippen LogP contribution in [0, 0.1) is 11.6 Å². The second-order valence-electron chi connectivity index (χ2n) is 8.45. The second kappa shape index (κ2) is 10.8. The van der Waals surface area contributed by atoms with Gasteiger partial charge in [-0.15, -0.1) is 0 Å². The molecule has 1 fully saturated rings. The molecule has 1 saturated heterocycles. The first-order chi connectivity index (χ1) is 17.9. The molecule has 4 aromatic rings. The molecule has 0 spiro atoms. The SMILES string of the molecule is O=C(CCN1C(=S)N[C@H](c2ccccn2)[C@H]1c1ccc(-c2ccc(F)cc2Br)o1)Nc1ccc(F)cc1. The molecule has 10 heteroatoms. The Labute approximate surface area is 225 Å². The molecule has 2 N–H and O–H groups in total. The van der Waals surface area contributed by atoms with Crippen LogP contribution in [0.3, 0.4) is 0 Å². The van der Waals surface area contributed by atoms with Crippen LogP contribution in [0.15, 0.2) is 87.9 Å². The molecule has 188 valence electrons. The molecule has 37 heavy (non-hydrogen) atoms. The van der Waals surface area contributed by atoms with Crippen molar-refractivity contribution in [2.75, 3.05) is 11.9 Å². The molecule has 0 unspecified atom stereocenters. The summed E-state index contributed by atoms with van der Waals surface area (Å²) in [5, 5.41) is 6.56. The third kappa shape index (κ3) is 5.55. The van der Waals surface area contributed by atoms with Crippen LogP contribution in [0.25, 0.3) is 11.3 Å². The Hall–Kier alpha value is -3.63. The summed E-state index contributed by atoms with van der Waals surface area (Å²) in [7, 11) is 0. The maximum absolute atomic E-state index is 13.6. The van der Waals surface area contributed by atoms with E-state index in [-0.39, 0.29) is 36.0 Å². The number of halogens is 3. The van der Waals surface area contributed by atoms with Crippen molar-refractivity contribution in [3.05, 3.63) is 107 Å². The van der Waals surface area contributed by atoms with Gasteiger partial charge < -0.3 is 20.0 Å². The summed E-state index contributed by atoms with van der Waals surface area (Å²) in [4.78, 5) is 19.0. The minimum Gasteiger partial charge on any atom is -0.459 e. The van der Waals surface area contributed by atoms with Crippen molar-refractivity contribution < 1.29 is 18.0 Å². The average molecular weight is 583 g/mol. The molecule has 1 aliphatic heterocycles. The summed E-state index contributed by atoms with van der Waals surface area (Å²) in [5.41, 5.74) is 1.99. The van der Waals surface area contributed by atoms with Crippen LogP contribution in [0.4, 0.5) is 14.5 Å². The number of carbonyl (C=O) groups is 1. The number of anilines is 1. The minimum atomic E-state index is -0.381. The van der Waals surface area contributed by atoms with Crippen molar-refractivity contribution in [2.24, 2.45) is 0 Å². The topological polar surface area (TPSA) is 70.4 Å². The van der Waals surface area contributed by atoms with E-state index < -0.39 is 0 Å². The smallest absolute Gasteiger partial charge is 0.226 e. The van der Waals surface area contributed by atoms with E-state index in [1.54, 1.807) is 12.3 Å². The highest BCUT2D eigenvalue weighted by Gasteiger charge is 2.41. The fourth-order valence-electron chi connectivity index (χ4n) is 4.28. The zero-order chi connectivity index (χ0) is 25.9. The molecule has 1 aliphatic rings. The molecule has 3 heterocycles. The van der Waals surface area contributed by atoms with E-state index >= 15 is 0 Å². The Balaban J connectivity index is 1.40. The highest BCUT2D eigenvalue weighted by Crippen LogP contribution is 2.41. The number of nitrogens with zero attached hydrogens (tertiary/aromatic N) is 2. The van der Waals surface area contributed by atoms with Gasteiger partial charge in [0.15, 0.2) is 5.11 Å². The van der Waals surface area contributed by atoms with Gasteiger partial charge in [0.2, 0.25) is 5.91 Å². The van der Waals surface area contributed by atoms with Gasteiger partial charge in [-0.2, -0.15) is 0 Å². The molecule has 0 bridgehead atoms. The van der Waals surface area contributed by atoms with Crippen LogP contribution in [0.1, 0.15) is 30.0 Å². The van der Waals surface area contributed by atoms with Crippen LogP contribution >= 0.6 is 28.1 Å². The van der Waals surface area contributed by atoms with Crippen molar-refractivity contribution in [3.63, 3.8) is 0 Å². The lowest BCUT2D eigenvalue weighted by Gasteiger charge is -2.25. The van der Waals surface area contributed by atoms with Gasteiger partial charge in [0, 0.05) is 34.9 Å². The Morgan fingerprint density at radius 3 is 2.59 bits per heavy atom. The molecular formula is C27H21BrF2N4O2S. The Morgan fingerprint density at radius 2 is 1.86 bits per heavy atom. The van der Waals surface area contributed by atoms with E-state index in [9.17, 15) is 13.6 Å². The fraction of sp³-hybridized carbons (Fsp3) is 0.148. The Kier molecular flexibility index (Phi) is 7.29. The zero-order valence-electron chi connectivity index (χ0n) is 19.3. The van der Waals surface area contributed by atoms with Crippen molar-refractivity contribution >= 4 is 44.9 Å². The maximum atomic E-state index is 13.6. The van der Waals surface area contributed by atoms with Crippen LogP contribution in [0.2, 0.25) is 0 Å². The largest absolute Gasteiger partial charge is 0.459 e. The number of aromatic nitrogens is 1. The summed E-state index contributed by atoms with van der Waals surface area (Å²) < 4.78 is 33.6. The number of thiocarbonyl (C=S) groups is 1. The summed E-state index contributed by atoms with van der Waals surface area (Å²) in [6.45, 7) is 0.309. The minimum absolute atomic E-state index is 0.141. The van der Waals surface area contributed by atoms with E-state index in [4.69, 9.17) is 16.6 Å². The van der Waals surface area contributed by atoms with E-state index in [1.807, 2.05) is 35.2 Å². The quantitative estimate of drug-likeness (QED) is 0.246. The van der Waals surface area contributed by atoms with Gasteiger partial charge in [-0.3, -0.25) is 9.78 Å². The standard InChI is InChI=1S/C27H21BrF2N4O2S/c28-20-15-17(30)6-9-19(20)22-10-11-23(36-22)26-25(21-3-1-2-13-31-21)33-27(37)34(26)14-12-24(35)32-18-7-4-16(29)5-8-18/h1-11,13,15,25-26H,12,14H2,(H,32,35)(H,33,37)/t25-,26-/m1/s1. The monoisotopic (exact) mass is 582 g/mol. The molecule has 0 radical (unpaired) electrons. The molecule has 0 saturated carbocycles. The van der Waals surface area contributed by atoms with Gasteiger partial charge in [-0.1, -0.05) is 6.07 Å². The van der Waals surface area contributed by atoms with Gasteiger partial charge >= 0.3 is 0 Å². The second-order valence-corrected chi connectivity index (χ2v) is 9.69. The van der Waals surface area contributed by atoms with Crippen molar-refractivity contribution in [2.45, 2.75) is 18.5 Å². The molecule has 1 amide bonds. The molecule has 2 atom stereocenters. The predicted octanol–water partition coefficient (Wildman–Crippen LogP) is 6.38. The Morgan fingerprint density at radius 1 is 1.08 bits per heavy atom.